The maximum atomic E-state index is 4.30. The summed E-state index contributed by atoms with van der Waals surface area (Å²) in [4.78, 5) is 4.09. The summed E-state index contributed by atoms with van der Waals surface area (Å²) in [5, 5.41) is 14.4. The van der Waals surface area contributed by atoms with Crippen molar-refractivity contribution in [1.82, 2.24) is 30.3 Å². The van der Waals surface area contributed by atoms with Crippen molar-refractivity contribution in [3.63, 3.8) is 0 Å². The van der Waals surface area contributed by atoms with Crippen LogP contribution >= 0.6 is 0 Å². The zero-order chi connectivity index (χ0) is 12.6. The van der Waals surface area contributed by atoms with E-state index in [9.17, 15) is 0 Å². The molecule has 18 heavy (non-hydrogen) atoms. The fraction of sp³-hybridized carbons (Fsp3) is 0.583. The second-order valence-electron chi connectivity index (χ2n) is 4.32. The Bertz CT molecular complexity index is 433. The number of nitrogens with one attached hydrogen (secondary N) is 2. The molecule has 0 unspecified atom stereocenters. The summed E-state index contributed by atoms with van der Waals surface area (Å²) in [5.74, 6) is 0.951. The number of rotatable bonds is 8. The Hall–Kier alpha value is -1.69. The molecular formula is C12H20N6. The monoisotopic (exact) mass is 248 g/mol. The first kappa shape index (κ1) is 12.8. The highest BCUT2D eigenvalue weighted by Gasteiger charge is 1.98. The molecule has 2 rings (SSSR count). The number of aromatic amines is 1. The van der Waals surface area contributed by atoms with Crippen molar-refractivity contribution in [2.24, 2.45) is 0 Å². The van der Waals surface area contributed by atoms with E-state index in [1.165, 1.54) is 5.56 Å². The summed E-state index contributed by atoms with van der Waals surface area (Å²) in [5.41, 5.74) is 1.24. The molecule has 0 radical (unpaired) electrons. The van der Waals surface area contributed by atoms with Crippen molar-refractivity contribution in [3.05, 3.63) is 30.1 Å². The third-order valence-corrected chi connectivity index (χ3v) is 2.70. The van der Waals surface area contributed by atoms with E-state index in [4.69, 9.17) is 0 Å². The first-order chi connectivity index (χ1) is 8.88. The number of hydrogen-bond donors (Lipinski definition) is 2. The van der Waals surface area contributed by atoms with E-state index in [0.29, 0.717) is 0 Å². The zero-order valence-corrected chi connectivity index (χ0v) is 10.8. The van der Waals surface area contributed by atoms with Crippen molar-refractivity contribution in [3.8, 4) is 0 Å². The van der Waals surface area contributed by atoms with Crippen LogP contribution in [-0.2, 0) is 19.5 Å². The number of hydrogen-bond acceptors (Lipinski definition) is 4. The Balaban J connectivity index is 1.59. The summed E-state index contributed by atoms with van der Waals surface area (Å²) in [6, 6.07) is 0. The number of aromatic nitrogens is 5. The van der Waals surface area contributed by atoms with Crippen LogP contribution in [0.2, 0.25) is 0 Å². The van der Waals surface area contributed by atoms with Crippen LogP contribution in [0.15, 0.2) is 18.7 Å². The van der Waals surface area contributed by atoms with Gasteiger partial charge in [-0.1, -0.05) is 6.92 Å². The van der Waals surface area contributed by atoms with E-state index >= 15 is 0 Å². The largest absolute Gasteiger partial charge is 0.313 e. The molecule has 2 heterocycles. The fourth-order valence-corrected chi connectivity index (χ4v) is 1.81. The topological polar surface area (TPSA) is 71.4 Å². The molecule has 0 aromatic carbocycles. The number of H-pyrrole nitrogens is 1. The van der Waals surface area contributed by atoms with Crippen LogP contribution in [0.4, 0.5) is 0 Å². The van der Waals surface area contributed by atoms with Crippen LogP contribution in [0, 0.1) is 0 Å². The van der Waals surface area contributed by atoms with Crippen molar-refractivity contribution in [2.75, 3.05) is 6.54 Å². The number of nitrogens with zero attached hydrogens (tertiary/aromatic N) is 4. The van der Waals surface area contributed by atoms with Crippen molar-refractivity contribution in [2.45, 2.75) is 39.3 Å². The maximum Gasteiger partial charge on any atom is 0.137 e. The van der Waals surface area contributed by atoms with Crippen molar-refractivity contribution in [1.29, 1.82) is 0 Å². The Morgan fingerprint density at radius 2 is 2.39 bits per heavy atom. The first-order valence-electron chi connectivity index (χ1n) is 6.44. The van der Waals surface area contributed by atoms with Crippen molar-refractivity contribution >= 4 is 0 Å². The van der Waals surface area contributed by atoms with Gasteiger partial charge in [0.1, 0.15) is 12.2 Å². The lowest BCUT2D eigenvalue weighted by Crippen LogP contribution is -2.15. The normalized spacial score (nSPS) is 10.9. The number of aryl methyl sites for hydroxylation is 2. The van der Waals surface area contributed by atoms with Gasteiger partial charge in [-0.25, -0.2) is 4.98 Å². The smallest absolute Gasteiger partial charge is 0.137 e. The Morgan fingerprint density at radius 1 is 1.44 bits per heavy atom. The van der Waals surface area contributed by atoms with Gasteiger partial charge >= 0.3 is 0 Å². The van der Waals surface area contributed by atoms with Crippen LogP contribution in [0.5, 0.6) is 0 Å². The average molecular weight is 248 g/mol. The minimum Gasteiger partial charge on any atom is -0.313 e. The third kappa shape index (κ3) is 3.96. The van der Waals surface area contributed by atoms with E-state index in [0.717, 1.165) is 44.7 Å². The van der Waals surface area contributed by atoms with Gasteiger partial charge in [-0.05, 0) is 19.4 Å². The quantitative estimate of drug-likeness (QED) is 0.687. The predicted octanol–water partition coefficient (Wildman–Crippen LogP) is 1.13. The molecule has 6 heteroatoms. The molecule has 0 aliphatic rings. The van der Waals surface area contributed by atoms with Gasteiger partial charge in [0.2, 0.25) is 0 Å². The summed E-state index contributed by atoms with van der Waals surface area (Å²) in [6.07, 6.45) is 8.68. The molecule has 0 aliphatic carbocycles. The van der Waals surface area contributed by atoms with E-state index < -0.39 is 0 Å². The standard InChI is InChI=1S/C12H20N6/c1-2-6-18-9-11(8-16-18)7-13-5-3-4-12-14-10-15-17-12/h8-10,13H,2-7H2,1H3,(H,14,15,17). The van der Waals surface area contributed by atoms with Gasteiger partial charge in [-0.2, -0.15) is 10.2 Å². The lowest BCUT2D eigenvalue weighted by atomic mass is 10.3. The molecule has 0 spiro atoms. The molecule has 0 saturated carbocycles. The maximum absolute atomic E-state index is 4.30. The lowest BCUT2D eigenvalue weighted by Gasteiger charge is -2.01. The van der Waals surface area contributed by atoms with Crippen LogP contribution in [-0.4, -0.2) is 31.5 Å². The molecule has 0 fully saturated rings. The fourth-order valence-electron chi connectivity index (χ4n) is 1.81. The van der Waals surface area contributed by atoms with Gasteiger partial charge in [-0.15, -0.1) is 0 Å². The van der Waals surface area contributed by atoms with Gasteiger partial charge in [0.15, 0.2) is 0 Å². The molecule has 2 aromatic rings. The summed E-state index contributed by atoms with van der Waals surface area (Å²) in [7, 11) is 0. The second kappa shape index (κ2) is 6.90. The highest BCUT2D eigenvalue weighted by molar-refractivity contribution is 5.03. The van der Waals surface area contributed by atoms with Gasteiger partial charge in [0, 0.05) is 31.3 Å². The summed E-state index contributed by atoms with van der Waals surface area (Å²) in [6.45, 7) is 4.99. The molecule has 0 amide bonds. The molecule has 0 saturated heterocycles. The van der Waals surface area contributed by atoms with E-state index in [1.54, 1.807) is 6.33 Å². The molecule has 98 valence electrons. The predicted molar refractivity (Wildman–Crippen MR) is 68.9 cm³/mol. The highest BCUT2D eigenvalue weighted by Crippen LogP contribution is 1.98. The van der Waals surface area contributed by atoms with E-state index in [-0.39, 0.29) is 0 Å². The minimum absolute atomic E-state index is 0.875. The van der Waals surface area contributed by atoms with E-state index in [1.807, 2.05) is 10.9 Å². The third-order valence-electron chi connectivity index (χ3n) is 2.70. The Morgan fingerprint density at radius 3 is 3.17 bits per heavy atom. The first-order valence-corrected chi connectivity index (χ1v) is 6.44. The molecule has 0 atom stereocenters. The Kier molecular flexibility index (Phi) is 4.89. The van der Waals surface area contributed by atoms with Crippen molar-refractivity contribution < 1.29 is 0 Å². The molecule has 6 nitrogen and oxygen atoms in total. The minimum atomic E-state index is 0.875. The van der Waals surface area contributed by atoms with Crippen LogP contribution in [0.1, 0.15) is 31.2 Å². The highest BCUT2D eigenvalue weighted by atomic mass is 15.3. The molecular weight excluding hydrogens is 228 g/mol. The summed E-state index contributed by atoms with van der Waals surface area (Å²) < 4.78 is 1.99. The van der Waals surface area contributed by atoms with Crippen LogP contribution in [0.3, 0.4) is 0 Å². The molecule has 2 N–H and O–H groups in total. The van der Waals surface area contributed by atoms with Gasteiger partial charge in [-0.3, -0.25) is 9.78 Å². The van der Waals surface area contributed by atoms with Crippen LogP contribution < -0.4 is 5.32 Å². The van der Waals surface area contributed by atoms with Gasteiger partial charge < -0.3 is 5.32 Å². The molecule has 0 aliphatic heterocycles. The van der Waals surface area contributed by atoms with E-state index in [2.05, 4.69) is 38.7 Å². The Labute approximate surface area is 107 Å². The lowest BCUT2D eigenvalue weighted by molar-refractivity contribution is 0.600. The van der Waals surface area contributed by atoms with Crippen LogP contribution in [0.25, 0.3) is 0 Å². The SMILES string of the molecule is CCCn1cc(CNCCCc2ncn[nH]2)cn1. The zero-order valence-electron chi connectivity index (χ0n) is 10.8. The van der Waals surface area contributed by atoms with Gasteiger partial charge in [0.25, 0.3) is 0 Å². The summed E-state index contributed by atoms with van der Waals surface area (Å²) >= 11 is 0. The molecule has 2 aromatic heterocycles. The second-order valence-corrected chi connectivity index (χ2v) is 4.32. The molecule has 0 bridgehead atoms. The van der Waals surface area contributed by atoms with Gasteiger partial charge in [0.05, 0.1) is 6.20 Å². The average Bonchev–Trinajstić information content (AvgIpc) is 3.01.